The van der Waals surface area contributed by atoms with Gasteiger partial charge in [0.05, 0.1) is 13.2 Å². The lowest BCUT2D eigenvalue weighted by molar-refractivity contribution is -0.117. The number of carbonyl (C=O) groups is 1. The Balaban J connectivity index is 1.36. The fourth-order valence-electron chi connectivity index (χ4n) is 3.26. The van der Waals surface area contributed by atoms with Gasteiger partial charge in [-0.25, -0.2) is 4.98 Å². The maximum atomic E-state index is 12.3. The predicted molar refractivity (Wildman–Crippen MR) is 89.9 cm³/mol. The molecule has 0 bridgehead atoms. The van der Waals surface area contributed by atoms with E-state index < -0.39 is 0 Å². The van der Waals surface area contributed by atoms with E-state index in [-0.39, 0.29) is 17.7 Å². The van der Waals surface area contributed by atoms with Crippen molar-refractivity contribution >= 4 is 17.3 Å². The normalized spacial score (nSPS) is 26.2. The first-order chi connectivity index (χ1) is 11.7. The molecule has 24 heavy (non-hydrogen) atoms. The zero-order chi connectivity index (χ0) is 16.5. The molecule has 2 aromatic rings. The van der Waals surface area contributed by atoms with Crippen LogP contribution in [0.1, 0.15) is 25.1 Å². The molecule has 1 aliphatic carbocycles. The zero-order valence-corrected chi connectivity index (χ0v) is 13.6. The summed E-state index contributed by atoms with van der Waals surface area (Å²) >= 11 is 0. The number of aromatic amines is 1. The summed E-state index contributed by atoms with van der Waals surface area (Å²) in [5.41, 5.74) is 1.99. The van der Waals surface area contributed by atoms with Crippen molar-refractivity contribution < 1.29 is 9.53 Å². The van der Waals surface area contributed by atoms with E-state index in [2.05, 4.69) is 44.5 Å². The van der Waals surface area contributed by atoms with Crippen molar-refractivity contribution in [2.75, 3.05) is 30.0 Å². The molecule has 7 heteroatoms. The average Bonchev–Trinajstić information content (AvgIpc) is 3.22. The van der Waals surface area contributed by atoms with Crippen molar-refractivity contribution in [2.24, 2.45) is 5.92 Å². The van der Waals surface area contributed by atoms with Crippen molar-refractivity contribution in [3.63, 3.8) is 0 Å². The predicted octanol–water partition coefficient (Wildman–Crippen LogP) is 1.77. The number of aromatic nitrogens is 3. The molecule has 4 rings (SSSR count). The number of rotatable bonds is 4. The van der Waals surface area contributed by atoms with Crippen LogP contribution in [0.2, 0.25) is 0 Å². The van der Waals surface area contributed by atoms with Gasteiger partial charge in [-0.2, -0.15) is 5.10 Å². The number of hydrogen-bond donors (Lipinski definition) is 2. The third kappa shape index (κ3) is 2.99. The Morgan fingerprint density at radius 1 is 1.38 bits per heavy atom. The van der Waals surface area contributed by atoms with Gasteiger partial charge in [-0.15, -0.1) is 0 Å². The summed E-state index contributed by atoms with van der Waals surface area (Å²) in [5.74, 6) is 0.994. The van der Waals surface area contributed by atoms with Crippen molar-refractivity contribution in [2.45, 2.75) is 25.3 Å². The summed E-state index contributed by atoms with van der Waals surface area (Å²) in [6.45, 7) is 4.57. The maximum Gasteiger partial charge on any atom is 0.228 e. The first kappa shape index (κ1) is 15.1. The second-order valence-corrected chi connectivity index (χ2v) is 6.47. The molecule has 3 atom stereocenters. The number of nitrogens with zero attached hydrogens (tertiary/aromatic N) is 3. The van der Waals surface area contributed by atoms with Gasteiger partial charge in [-0.1, -0.05) is 0 Å². The molecule has 1 amide bonds. The molecule has 126 valence electrons. The topological polar surface area (TPSA) is 83.1 Å². The zero-order valence-electron chi connectivity index (χ0n) is 13.6. The van der Waals surface area contributed by atoms with Crippen LogP contribution >= 0.6 is 0 Å². The van der Waals surface area contributed by atoms with E-state index in [1.807, 2.05) is 12.1 Å². The van der Waals surface area contributed by atoms with E-state index in [1.165, 1.54) is 6.33 Å². The summed E-state index contributed by atoms with van der Waals surface area (Å²) in [4.78, 5) is 18.8. The van der Waals surface area contributed by atoms with Gasteiger partial charge in [0, 0.05) is 35.8 Å². The van der Waals surface area contributed by atoms with Crippen LogP contribution in [0, 0.1) is 5.92 Å². The molecular weight excluding hydrogens is 306 g/mol. The fourth-order valence-corrected chi connectivity index (χ4v) is 3.26. The molecule has 0 spiro atoms. The summed E-state index contributed by atoms with van der Waals surface area (Å²) < 4.78 is 5.47. The Labute approximate surface area is 140 Å². The van der Waals surface area contributed by atoms with Gasteiger partial charge in [0.2, 0.25) is 5.91 Å². The first-order valence-electron chi connectivity index (χ1n) is 8.33. The SMILES string of the molecule is C[C@@H]1COCCN1c1ccc(NC(=O)[C@@H]2C[C@@H]2c2ncn[nH]2)cc1. The van der Waals surface area contributed by atoms with Crippen LogP contribution in [0.4, 0.5) is 11.4 Å². The molecule has 2 aliphatic rings. The smallest absolute Gasteiger partial charge is 0.228 e. The van der Waals surface area contributed by atoms with E-state index in [9.17, 15) is 4.79 Å². The first-order valence-corrected chi connectivity index (χ1v) is 8.33. The number of benzene rings is 1. The second-order valence-electron chi connectivity index (χ2n) is 6.47. The minimum Gasteiger partial charge on any atom is -0.377 e. The van der Waals surface area contributed by atoms with Gasteiger partial charge in [-0.05, 0) is 37.6 Å². The van der Waals surface area contributed by atoms with Crippen LogP contribution in [-0.4, -0.2) is 46.9 Å². The molecule has 0 radical (unpaired) electrons. The van der Waals surface area contributed by atoms with E-state index >= 15 is 0 Å². The largest absolute Gasteiger partial charge is 0.377 e. The molecule has 2 fully saturated rings. The Morgan fingerprint density at radius 3 is 2.92 bits per heavy atom. The minimum atomic E-state index is -0.0168. The third-order valence-corrected chi connectivity index (χ3v) is 4.75. The quantitative estimate of drug-likeness (QED) is 0.894. The summed E-state index contributed by atoms with van der Waals surface area (Å²) in [5, 5.41) is 9.67. The fraction of sp³-hybridized carbons (Fsp3) is 0.471. The van der Waals surface area contributed by atoms with E-state index in [1.54, 1.807) is 0 Å². The number of amides is 1. The molecule has 1 saturated carbocycles. The van der Waals surface area contributed by atoms with Crippen LogP contribution in [0.15, 0.2) is 30.6 Å². The minimum absolute atomic E-state index is 0.0168. The lowest BCUT2D eigenvalue weighted by atomic mass is 10.2. The number of morpholine rings is 1. The highest BCUT2D eigenvalue weighted by atomic mass is 16.5. The molecule has 7 nitrogen and oxygen atoms in total. The Bertz CT molecular complexity index is 700. The van der Waals surface area contributed by atoms with Crippen molar-refractivity contribution in [1.29, 1.82) is 0 Å². The van der Waals surface area contributed by atoms with E-state index in [0.717, 1.165) is 43.4 Å². The molecule has 1 aliphatic heterocycles. The Hall–Kier alpha value is -2.41. The standard InChI is InChI=1S/C17H21N5O2/c1-11-9-24-7-6-22(11)13-4-2-12(3-5-13)20-17(23)15-8-14(15)16-18-10-19-21-16/h2-5,10-11,14-15H,6-9H2,1H3,(H,20,23)(H,18,19,21)/t11-,14+,15-/m1/s1. The van der Waals surface area contributed by atoms with Gasteiger partial charge in [0.25, 0.3) is 0 Å². The highest BCUT2D eigenvalue weighted by Crippen LogP contribution is 2.46. The molecular formula is C17H21N5O2. The van der Waals surface area contributed by atoms with Crippen LogP contribution in [0.25, 0.3) is 0 Å². The summed E-state index contributed by atoms with van der Waals surface area (Å²) in [6, 6.07) is 8.40. The molecule has 1 saturated heterocycles. The number of hydrogen-bond acceptors (Lipinski definition) is 5. The highest BCUT2D eigenvalue weighted by Gasteiger charge is 2.45. The van der Waals surface area contributed by atoms with Gasteiger partial charge in [0.15, 0.2) is 0 Å². The third-order valence-electron chi connectivity index (χ3n) is 4.75. The Kier molecular flexibility index (Phi) is 3.93. The lowest BCUT2D eigenvalue weighted by Crippen LogP contribution is -2.43. The second kappa shape index (κ2) is 6.24. The number of anilines is 2. The number of ether oxygens (including phenoxy) is 1. The molecule has 2 N–H and O–H groups in total. The molecule has 2 heterocycles. The molecule has 1 aromatic heterocycles. The number of carbonyl (C=O) groups excluding carboxylic acids is 1. The van der Waals surface area contributed by atoms with Crippen molar-refractivity contribution in [3.05, 3.63) is 36.4 Å². The van der Waals surface area contributed by atoms with E-state index in [4.69, 9.17) is 4.74 Å². The number of H-pyrrole nitrogens is 1. The highest BCUT2D eigenvalue weighted by molar-refractivity contribution is 5.95. The van der Waals surface area contributed by atoms with Crippen molar-refractivity contribution in [1.82, 2.24) is 15.2 Å². The van der Waals surface area contributed by atoms with Gasteiger partial charge >= 0.3 is 0 Å². The Morgan fingerprint density at radius 2 is 2.21 bits per heavy atom. The average molecular weight is 327 g/mol. The molecule has 0 unspecified atom stereocenters. The van der Waals surface area contributed by atoms with E-state index in [0.29, 0.717) is 6.04 Å². The van der Waals surface area contributed by atoms with Crippen LogP contribution in [0.5, 0.6) is 0 Å². The lowest BCUT2D eigenvalue weighted by Gasteiger charge is -2.35. The maximum absolute atomic E-state index is 12.3. The van der Waals surface area contributed by atoms with Crippen LogP contribution in [-0.2, 0) is 9.53 Å². The van der Waals surface area contributed by atoms with Crippen molar-refractivity contribution in [3.8, 4) is 0 Å². The van der Waals surface area contributed by atoms with Gasteiger partial charge in [0.1, 0.15) is 12.2 Å². The summed E-state index contributed by atoms with van der Waals surface area (Å²) in [6.07, 6.45) is 2.30. The molecule has 1 aromatic carbocycles. The van der Waals surface area contributed by atoms with Crippen LogP contribution < -0.4 is 10.2 Å². The summed E-state index contributed by atoms with van der Waals surface area (Å²) in [7, 11) is 0. The monoisotopic (exact) mass is 327 g/mol. The van der Waals surface area contributed by atoms with Gasteiger partial charge < -0.3 is 15.0 Å². The number of nitrogens with one attached hydrogen (secondary N) is 2. The van der Waals surface area contributed by atoms with Gasteiger partial charge in [-0.3, -0.25) is 9.89 Å². The van der Waals surface area contributed by atoms with Crippen LogP contribution in [0.3, 0.4) is 0 Å².